The second-order valence-electron chi connectivity index (χ2n) is 18.3. The maximum Gasteiger partial charge on any atom is 0.149 e. The molecule has 10 aromatic rings. The van der Waals surface area contributed by atoms with Crippen LogP contribution in [0, 0.1) is 0 Å². The molecule has 6 aromatic carbocycles. The Kier molecular flexibility index (Phi) is 8.19. The molecule has 0 fully saturated rings. The molecule has 0 amide bonds. The van der Waals surface area contributed by atoms with Crippen molar-refractivity contribution in [2.45, 2.75) is 72.1 Å². The molecule has 292 valence electrons. The van der Waals surface area contributed by atoms with Crippen LogP contribution in [0.2, 0.25) is 0 Å². The van der Waals surface area contributed by atoms with Gasteiger partial charge in [0.1, 0.15) is 39.4 Å². The number of aromatic nitrogens is 3. The Morgan fingerprint density at radius 1 is 0.610 bits per heavy atom. The van der Waals surface area contributed by atoms with Crippen LogP contribution in [0.5, 0.6) is 5.75 Å². The van der Waals surface area contributed by atoms with Crippen molar-refractivity contribution in [3.63, 3.8) is 0 Å². The van der Waals surface area contributed by atoms with E-state index in [0.29, 0.717) is 11.4 Å². The van der Waals surface area contributed by atoms with E-state index < -0.39 is 0 Å². The topological polar surface area (TPSA) is 77.2 Å². The molecule has 10 rings (SSSR count). The van der Waals surface area contributed by atoms with E-state index in [4.69, 9.17) is 18.8 Å². The largest absolute Gasteiger partial charge is 0.507 e. The van der Waals surface area contributed by atoms with Crippen molar-refractivity contribution in [1.82, 2.24) is 14.5 Å². The fourth-order valence-corrected chi connectivity index (χ4v) is 8.63. The lowest BCUT2D eigenvalue weighted by molar-refractivity contribution is 0.446. The first-order valence-corrected chi connectivity index (χ1v) is 20.5. The summed E-state index contributed by atoms with van der Waals surface area (Å²) in [5.74, 6) is 1.05. The quantitative estimate of drug-likeness (QED) is 0.188. The molecule has 6 nitrogen and oxygen atoms in total. The van der Waals surface area contributed by atoms with Gasteiger partial charge in [0.2, 0.25) is 0 Å². The van der Waals surface area contributed by atoms with Gasteiger partial charge in [-0.2, -0.15) is 0 Å². The second kappa shape index (κ2) is 13.2. The molecule has 1 N–H and O–H groups in total. The van der Waals surface area contributed by atoms with E-state index in [1.807, 2.05) is 42.6 Å². The number of aromatic hydroxyl groups is 1. The predicted octanol–water partition coefficient (Wildman–Crippen LogP) is 14.6. The van der Waals surface area contributed by atoms with Gasteiger partial charge >= 0.3 is 0 Å². The van der Waals surface area contributed by atoms with Gasteiger partial charge in [-0.05, 0) is 99.7 Å². The lowest BCUT2D eigenvalue weighted by Gasteiger charge is -2.27. The van der Waals surface area contributed by atoms with Gasteiger partial charge < -0.3 is 13.9 Å². The van der Waals surface area contributed by atoms with Crippen LogP contribution in [0.4, 0.5) is 0 Å². The molecular formula is C53H47N3O3. The van der Waals surface area contributed by atoms with Gasteiger partial charge in [-0.3, -0.25) is 9.55 Å². The lowest BCUT2D eigenvalue weighted by Crippen LogP contribution is -2.17. The molecule has 0 aliphatic carbocycles. The van der Waals surface area contributed by atoms with E-state index in [2.05, 4.69) is 145 Å². The summed E-state index contributed by atoms with van der Waals surface area (Å²) in [4.78, 5) is 10.4. The zero-order valence-corrected chi connectivity index (χ0v) is 34.8. The van der Waals surface area contributed by atoms with Crippen LogP contribution in [-0.2, 0) is 10.8 Å². The number of imidazole rings is 1. The highest BCUT2D eigenvalue weighted by Gasteiger charge is 2.30. The van der Waals surface area contributed by atoms with E-state index in [1.165, 1.54) is 0 Å². The third-order valence-electron chi connectivity index (χ3n) is 11.8. The molecule has 0 saturated heterocycles. The Balaban J connectivity index is 1.30. The molecule has 4 aromatic heterocycles. The van der Waals surface area contributed by atoms with E-state index in [1.54, 1.807) is 0 Å². The van der Waals surface area contributed by atoms with Crippen molar-refractivity contribution in [3.05, 3.63) is 144 Å². The molecule has 0 aliphatic heterocycles. The Hall–Kier alpha value is -6.66. The van der Waals surface area contributed by atoms with Gasteiger partial charge in [0.25, 0.3) is 0 Å². The SMILES string of the molecule is CC(C)c1cc2c(cc1-n1c(-c3cc(C(C)(C)C)cc(C(C)(C)C)c3O)nc3c4c(ccc31)oc1ccc(-c3cc(-c5ccccc5)ccn3)cc14)oc1ccccc12. The third-order valence-corrected chi connectivity index (χ3v) is 11.8. The summed E-state index contributed by atoms with van der Waals surface area (Å²) in [6, 6.07) is 41.9. The minimum Gasteiger partial charge on any atom is -0.507 e. The summed E-state index contributed by atoms with van der Waals surface area (Å²) >= 11 is 0. The predicted molar refractivity (Wildman–Crippen MR) is 243 cm³/mol. The van der Waals surface area contributed by atoms with Crippen LogP contribution in [0.1, 0.15) is 78.0 Å². The molecule has 0 atom stereocenters. The Bertz CT molecular complexity index is 3280. The number of hydrogen-bond donors (Lipinski definition) is 1. The van der Waals surface area contributed by atoms with Gasteiger partial charge in [-0.1, -0.05) is 110 Å². The normalized spacial score (nSPS) is 12.6. The molecule has 0 bridgehead atoms. The van der Waals surface area contributed by atoms with Crippen molar-refractivity contribution in [3.8, 4) is 45.2 Å². The van der Waals surface area contributed by atoms with Crippen molar-refractivity contribution in [1.29, 1.82) is 0 Å². The Labute approximate surface area is 343 Å². The first kappa shape index (κ1) is 36.7. The van der Waals surface area contributed by atoms with Crippen LogP contribution in [0.25, 0.3) is 94.4 Å². The summed E-state index contributed by atoms with van der Waals surface area (Å²) in [6.07, 6.45) is 1.87. The van der Waals surface area contributed by atoms with Gasteiger partial charge in [0, 0.05) is 39.5 Å². The second-order valence-corrected chi connectivity index (χ2v) is 18.3. The molecule has 0 aliphatic rings. The standard InChI is InChI=1S/C53H47N3O3/c1-30(2)36-28-37-35-16-12-13-17-44(35)59-47(37)29-43(36)56-42-19-21-46-48(49(42)55-51(56)39-26-34(52(3,4)5)27-40(50(39)57)53(6,7)8)38-24-33(18-20-45(38)58-46)41-25-32(22-23-54-41)31-14-10-9-11-15-31/h9-30,57H,1-8H3. The van der Waals surface area contributed by atoms with E-state index in [0.717, 1.165) is 99.7 Å². The number of phenols is 1. The number of furan rings is 2. The summed E-state index contributed by atoms with van der Waals surface area (Å²) in [7, 11) is 0. The van der Waals surface area contributed by atoms with E-state index >= 15 is 0 Å². The van der Waals surface area contributed by atoms with Crippen LogP contribution < -0.4 is 0 Å². The molecule has 6 heteroatoms. The van der Waals surface area contributed by atoms with Crippen molar-refractivity contribution in [2.75, 3.05) is 0 Å². The molecular weight excluding hydrogens is 727 g/mol. The molecule has 0 unspecified atom stereocenters. The maximum absolute atomic E-state index is 12.4. The number of nitrogens with zero attached hydrogens (tertiary/aromatic N) is 3. The fraction of sp³-hybridized carbons (Fsp3) is 0.208. The first-order chi connectivity index (χ1) is 28.2. The number of benzene rings is 6. The first-order valence-electron chi connectivity index (χ1n) is 20.5. The average Bonchev–Trinajstić information content (AvgIpc) is 3.90. The van der Waals surface area contributed by atoms with Crippen molar-refractivity contribution < 1.29 is 13.9 Å². The number of rotatable bonds is 5. The minimum absolute atomic E-state index is 0.160. The highest BCUT2D eigenvalue weighted by atomic mass is 16.3. The number of pyridine rings is 1. The lowest BCUT2D eigenvalue weighted by atomic mass is 9.79. The summed E-state index contributed by atoms with van der Waals surface area (Å²) in [5.41, 5.74) is 13.2. The van der Waals surface area contributed by atoms with Gasteiger partial charge in [-0.15, -0.1) is 0 Å². The molecule has 4 heterocycles. The van der Waals surface area contributed by atoms with Gasteiger partial charge in [0.05, 0.1) is 27.8 Å². The summed E-state index contributed by atoms with van der Waals surface area (Å²) < 4.78 is 15.3. The number of fused-ring (bicyclic) bond motifs is 8. The molecule has 59 heavy (non-hydrogen) atoms. The highest BCUT2D eigenvalue weighted by molar-refractivity contribution is 6.18. The van der Waals surface area contributed by atoms with E-state index in [9.17, 15) is 5.11 Å². The van der Waals surface area contributed by atoms with Crippen molar-refractivity contribution in [2.24, 2.45) is 0 Å². The number of para-hydroxylation sites is 1. The van der Waals surface area contributed by atoms with Gasteiger partial charge in [0.15, 0.2) is 0 Å². The zero-order valence-electron chi connectivity index (χ0n) is 34.8. The maximum atomic E-state index is 12.4. The third kappa shape index (κ3) is 6.00. The van der Waals surface area contributed by atoms with Crippen LogP contribution in [0.3, 0.4) is 0 Å². The Morgan fingerprint density at radius 3 is 2.10 bits per heavy atom. The van der Waals surface area contributed by atoms with Crippen molar-refractivity contribution >= 4 is 54.9 Å². The van der Waals surface area contributed by atoms with Crippen LogP contribution in [-0.4, -0.2) is 19.6 Å². The zero-order chi connectivity index (χ0) is 41.0. The fourth-order valence-electron chi connectivity index (χ4n) is 8.63. The summed E-state index contributed by atoms with van der Waals surface area (Å²) in [5, 5.41) is 16.5. The monoisotopic (exact) mass is 773 g/mol. The molecule has 0 saturated carbocycles. The number of hydrogen-bond acceptors (Lipinski definition) is 5. The van der Waals surface area contributed by atoms with Crippen LogP contribution in [0.15, 0.2) is 136 Å². The smallest absolute Gasteiger partial charge is 0.149 e. The van der Waals surface area contributed by atoms with Gasteiger partial charge in [-0.25, -0.2) is 4.98 Å². The highest BCUT2D eigenvalue weighted by Crippen LogP contribution is 2.46. The number of phenolic OH excluding ortho intramolecular Hbond substituents is 1. The molecule has 0 spiro atoms. The molecule has 0 radical (unpaired) electrons. The average molecular weight is 774 g/mol. The Morgan fingerprint density at radius 2 is 1.34 bits per heavy atom. The van der Waals surface area contributed by atoms with Crippen LogP contribution >= 0.6 is 0 Å². The van der Waals surface area contributed by atoms with E-state index in [-0.39, 0.29) is 22.5 Å². The summed E-state index contributed by atoms with van der Waals surface area (Å²) in [6.45, 7) is 17.6. The minimum atomic E-state index is -0.330.